The second-order valence-electron chi connectivity index (χ2n) is 4.27. The van der Waals surface area contributed by atoms with Crippen LogP contribution in [0.5, 0.6) is 0 Å². The van der Waals surface area contributed by atoms with Crippen LogP contribution in [0.3, 0.4) is 0 Å². The summed E-state index contributed by atoms with van der Waals surface area (Å²) in [5.74, 6) is 0. The maximum atomic E-state index is 4.62. The monoisotopic (exact) mass is 213 g/mol. The van der Waals surface area contributed by atoms with Gasteiger partial charge in [-0.3, -0.25) is 4.68 Å². The van der Waals surface area contributed by atoms with E-state index in [4.69, 9.17) is 0 Å². The standard InChI is InChI=1S/C13H15N3/c1-10(11-5-3-2-4-6-11)16-9-12-7-14-8-13(12)15-16/h2-6,9-10,14H,7-8H2,1H3. The number of nitrogens with one attached hydrogen (secondary N) is 1. The molecule has 0 amide bonds. The molecular formula is C13H15N3. The van der Waals surface area contributed by atoms with Gasteiger partial charge in [-0.1, -0.05) is 30.3 Å². The van der Waals surface area contributed by atoms with Crippen LogP contribution in [-0.4, -0.2) is 9.78 Å². The number of nitrogens with zero attached hydrogens (tertiary/aromatic N) is 2. The van der Waals surface area contributed by atoms with Crippen LogP contribution >= 0.6 is 0 Å². The van der Waals surface area contributed by atoms with Gasteiger partial charge in [-0.05, 0) is 12.5 Å². The highest BCUT2D eigenvalue weighted by molar-refractivity contribution is 5.24. The molecule has 3 nitrogen and oxygen atoms in total. The van der Waals surface area contributed by atoms with Crippen molar-refractivity contribution in [3.05, 3.63) is 53.3 Å². The van der Waals surface area contributed by atoms with Gasteiger partial charge < -0.3 is 5.32 Å². The van der Waals surface area contributed by atoms with Crippen molar-refractivity contribution in [3.63, 3.8) is 0 Å². The molecule has 0 fully saturated rings. The normalized spacial score (nSPS) is 16.1. The van der Waals surface area contributed by atoms with Gasteiger partial charge in [0.1, 0.15) is 0 Å². The van der Waals surface area contributed by atoms with E-state index in [0.717, 1.165) is 13.1 Å². The molecule has 1 atom stereocenters. The van der Waals surface area contributed by atoms with Crippen molar-refractivity contribution in [2.75, 3.05) is 0 Å². The molecule has 3 rings (SSSR count). The smallest absolute Gasteiger partial charge is 0.0807 e. The molecule has 1 unspecified atom stereocenters. The Balaban J connectivity index is 1.92. The first-order valence-electron chi connectivity index (χ1n) is 5.67. The van der Waals surface area contributed by atoms with Crippen molar-refractivity contribution < 1.29 is 0 Å². The first kappa shape index (κ1) is 9.60. The summed E-state index contributed by atoms with van der Waals surface area (Å²) in [4.78, 5) is 0. The van der Waals surface area contributed by atoms with Crippen LogP contribution < -0.4 is 5.32 Å². The predicted molar refractivity (Wildman–Crippen MR) is 63.0 cm³/mol. The van der Waals surface area contributed by atoms with Crippen molar-refractivity contribution >= 4 is 0 Å². The summed E-state index contributed by atoms with van der Waals surface area (Å²) < 4.78 is 2.07. The van der Waals surface area contributed by atoms with E-state index in [0.29, 0.717) is 6.04 Å². The Kier molecular flexibility index (Phi) is 2.26. The van der Waals surface area contributed by atoms with Crippen molar-refractivity contribution in [1.29, 1.82) is 0 Å². The minimum absolute atomic E-state index is 0.312. The van der Waals surface area contributed by atoms with Crippen LogP contribution in [0.2, 0.25) is 0 Å². The van der Waals surface area contributed by atoms with E-state index in [1.165, 1.54) is 16.8 Å². The first-order chi connectivity index (χ1) is 7.84. The molecule has 2 aromatic rings. The third-order valence-corrected chi connectivity index (χ3v) is 3.18. The summed E-state index contributed by atoms with van der Waals surface area (Å²) in [6, 6.07) is 10.8. The van der Waals surface area contributed by atoms with Gasteiger partial charge in [0, 0.05) is 24.8 Å². The average Bonchev–Trinajstić information content (AvgIpc) is 2.89. The highest BCUT2D eigenvalue weighted by Gasteiger charge is 2.17. The fourth-order valence-electron chi connectivity index (χ4n) is 2.16. The topological polar surface area (TPSA) is 29.9 Å². The van der Waals surface area contributed by atoms with Crippen molar-refractivity contribution in [2.45, 2.75) is 26.1 Å². The quantitative estimate of drug-likeness (QED) is 0.828. The maximum Gasteiger partial charge on any atom is 0.0807 e. The molecule has 1 N–H and O–H groups in total. The van der Waals surface area contributed by atoms with E-state index in [-0.39, 0.29) is 0 Å². The summed E-state index contributed by atoms with van der Waals surface area (Å²) in [5.41, 5.74) is 3.84. The van der Waals surface area contributed by atoms with Gasteiger partial charge in [0.2, 0.25) is 0 Å². The van der Waals surface area contributed by atoms with Crippen LogP contribution in [0.4, 0.5) is 0 Å². The molecule has 0 saturated heterocycles. The molecule has 1 aliphatic rings. The molecule has 0 radical (unpaired) electrons. The Morgan fingerprint density at radius 3 is 2.81 bits per heavy atom. The van der Waals surface area contributed by atoms with Crippen LogP contribution in [0, 0.1) is 0 Å². The van der Waals surface area contributed by atoms with Gasteiger partial charge in [0.15, 0.2) is 0 Å². The minimum atomic E-state index is 0.312. The molecule has 0 aliphatic carbocycles. The summed E-state index contributed by atoms with van der Waals surface area (Å²) in [5, 5.41) is 7.92. The molecule has 0 bridgehead atoms. The number of fused-ring (bicyclic) bond motifs is 1. The van der Waals surface area contributed by atoms with E-state index in [2.05, 4.69) is 52.5 Å². The van der Waals surface area contributed by atoms with Crippen molar-refractivity contribution in [2.24, 2.45) is 0 Å². The Morgan fingerprint density at radius 2 is 2.06 bits per heavy atom. The maximum absolute atomic E-state index is 4.62. The van der Waals surface area contributed by atoms with E-state index < -0.39 is 0 Å². The molecule has 3 heteroatoms. The zero-order valence-electron chi connectivity index (χ0n) is 9.35. The fourth-order valence-corrected chi connectivity index (χ4v) is 2.16. The molecule has 0 spiro atoms. The van der Waals surface area contributed by atoms with E-state index >= 15 is 0 Å². The van der Waals surface area contributed by atoms with E-state index in [9.17, 15) is 0 Å². The van der Waals surface area contributed by atoms with Gasteiger partial charge in [-0.25, -0.2) is 0 Å². The van der Waals surface area contributed by atoms with Crippen molar-refractivity contribution in [1.82, 2.24) is 15.1 Å². The molecule has 82 valence electrons. The lowest BCUT2D eigenvalue weighted by Crippen LogP contribution is -2.10. The predicted octanol–water partition coefficient (Wildman–Crippen LogP) is 2.10. The third kappa shape index (κ3) is 1.53. The van der Waals surface area contributed by atoms with Crippen molar-refractivity contribution in [3.8, 4) is 0 Å². The largest absolute Gasteiger partial charge is 0.307 e. The van der Waals surface area contributed by atoms with E-state index in [1.54, 1.807) is 0 Å². The van der Waals surface area contributed by atoms with E-state index in [1.807, 2.05) is 6.07 Å². The zero-order chi connectivity index (χ0) is 11.0. The molecule has 1 aromatic heterocycles. The lowest BCUT2D eigenvalue weighted by atomic mass is 10.1. The van der Waals surface area contributed by atoms with Crippen LogP contribution in [-0.2, 0) is 13.1 Å². The lowest BCUT2D eigenvalue weighted by molar-refractivity contribution is 0.549. The van der Waals surface area contributed by atoms with Gasteiger partial charge in [-0.15, -0.1) is 0 Å². The van der Waals surface area contributed by atoms with Gasteiger partial charge in [0.25, 0.3) is 0 Å². The number of hydrogen-bond donors (Lipinski definition) is 1. The van der Waals surface area contributed by atoms with Crippen LogP contribution in [0.25, 0.3) is 0 Å². The highest BCUT2D eigenvalue weighted by Crippen LogP contribution is 2.20. The SMILES string of the molecule is CC(c1ccccc1)n1cc2c(n1)CNC2. The number of benzene rings is 1. The van der Waals surface area contributed by atoms with Crippen LogP contribution in [0.1, 0.15) is 29.8 Å². The average molecular weight is 213 g/mol. The summed E-state index contributed by atoms with van der Waals surface area (Å²) in [6.07, 6.45) is 2.16. The minimum Gasteiger partial charge on any atom is -0.307 e. The number of hydrogen-bond acceptors (Lipinski definition) is 2. The summed E-state index contributed by atoms with van der Waals surface area (Å²) in [7, 11) is 0. The highest BCUT2D eigenvalue weighted by atomic mass is 15.3. The van der Waals surface area contributed by atoms with Gasteiger partial charge >= 0.3 is 0 Å². The first-order valence-corrected chi connectivity index (χ1v) is 5.67. The number of rotatable bonds is 2. The molecule has 1 aliphatic heterocycles. The third-order valence-electron chi connectivity index (χ3n) is 3.18. The summed E-state index contributed by atoms with van der Waals surface area (Å²) >= 11 is 0. The van der Waals surface area contributed by atoms with Gasteiger partial charge in [0.05, 0.1) is 11.7 Å². The zero-order valence-corrected chi connectivity index (χ0v) is 9.35. The Labute approximate surface area is 95.1 Å². The Bertz CT molecular complexity index is 466. The molecule has 16 heavy (non-hydrogen) atoms. The molecule has 1 aromatic carbocycles. The van der Waals surface area contributed by atoms with Crippen LogP contribution in [0.15, 0.2) is 36.5 Å². The summed E-state index contributed by atoms with van der Waals surface area (Å²) in [6.45, 7) is 4.05. The van der Waals surface area contributed by atoms with Gasteiger partial charge in [-0.2, -0.15) is 5.10 Å². The number of aromatic nitrogens is 2. The fraction of sp³-hybridized carbons (Fsp3) is 0.308. The molecular weight excluding hydrogens is 198 g/mol. The Hall–Kier alpha value is -1.61. The Morgan fingerprint density at radius 1 is 1.25 bits per heavy atom. The molecule has 0 saturated carbocycles. The second kappa shape index (κ2) is 3.76. The second-order valence-corrected chi connectivity index (χ2v) is 4.27. The molecule has 2 heterocycles. The lowest BCUT2D eigenvalue weighted by Gasteiger charge is -2.12.